The van der Waals surface area contributed by atoms with E-state index >= 15 is 0 Å². The molecule has 1 heterocycles. The highest BCUT2D eigenvalue weighted by Crippen LogP contribution is 2.39. The van der Waals surface area contributed by atoms with Gasteiger partial charge < -0.3 is 10.1 Å². The number of carbonyl (C=O) groups excluding carboxylic acids is 1. The molecule has 2 aromatic carbocycles. The molecule has 3 nitrogen and oxygen atoms in total. The van der Waals surface area contributed by atoms with E-state index in [0.717, 1.165) is 29.1 Å². The van der Waals surface area contributed by atoms with Crippen LogP contribution in [0.3, 0.4) is 0 Å². The van der Waals surface area contributed by atoms with Crippen LogP contribution in [0.2, 0.25) is 5.02 Å². The molecule has 138 valence electrons. The van der Waals surface area contributed by atoms with Gasteiger partial charge in [-0.25, -0.2) is 0 Å². The van der Waals surface area contributed by atoms with Gasteiger partial charge in [0, 0.05) is 21.9 Å². The van der Waals surface area contributed by atoms with Gasteiger partial charge in [0.2, 0.25) is 5.91 Å². The molecule has 5 heteroatoms. The maximum absolute atomic E-state index is 12.9. The van der Waals surface area contributed by atoms with Crippen molar-refractivity contribution in [2.45, 2.75) is 55.4 Å². The van der Waals surface area contributed by atoms with Crippen molar-refractivity contribution in [3.05, 3.63) is 59.1 Å². The van der Waals surface area contributed by atoms with Crippen molar-refractivity contribution < 1.29 is 9.53 Å². The number of nitrogens with one attached hydrogen (secondary N) is 1. The van der Waals surface area contributed by atoms with Crippen molar-refractivity contribution >= 4 is 29.3 Å². The average Bonchev–Trinajstić information content (AvgIpc) is 2.60. The SMILES string of the molecule is CCC(Sc1ccc(Cl)cc1)C(=O)NC1CC(C)(C)Oc2ccccc21. The van der Waals surface area contributed by atoms with Crippen LogP contribution in [0.4, 0.5) is 0 Å². The number of hydrogen-bond donors (Lipinski definition) is 1. The number of amides is 1. The van der Waals surface area contributed by atoms with Gasteiger partial charge in [-0.2, -0.15) is 0 Å². The number of hydrogen-bond acceptors (Lipinski definition) is 3. The minimum Gasteiger partial charge on any atom is -0.487 e. The predicted octanol–water partition coefficient (Wildman–Crippen LogP) is 5.63. The first-order valence-corrected chi connectivity index (χ1v) is 10.1. The van der Waals surface area contributed by atoms with Gasteiger partial charge in [0.1, 0.15) is 11.4 Å². The first-order chi connectivity index (χ1) is 12.4. The van der Waals surface area contributed by atoms with E-state index in [0.29, 0.717) is 5.02 Å². The number of benzene rings is 2. The number of carbonyl (C=O) groups is 1. The average molecular weight is 390 g/mol. The van der Waals surface area contributed by atoms with E-state index in [9.17, 15) is 4.79 Å². The molecular weight excluding hydrogens is 366 g/mol. The van der Waals surface area contributed by atoms with Crippen LogP contribution < -0.4 is 10.1 Å². The summed E-state index contributed by atoms with van der Waals surface area (Å²) in [6, 6.07) is 15.5. The molecule has 0 saturated carbocycles. The van der Waals surface area contributed by atoms with Crippen LogP contribution in [0.25, 0.3) is 0 Å². The van der Waals surface area contributed by atoms with Crippen LogP contribution in [0, 0.1) is 0 Å². The summed E-state index contributed by atoms with van der Waals surface area (Å²) in [5, 5.41) is 3.81. The Labute approximate surface area is 164 Å². The Hall–Kier alpha value is -1.65. The largest absolute Gasteiger partial charge is 0.487 e. The highest BCUT2D eigenvalue weighted by atomic mass is 35.5. The highest BCUT2D eigenvalue weighted by molar-refractivity contribution is 8.00. The zero-order chi connectivity index (χ0) is 18.7. The fraction of sp³-hybridized carbons (Fsp3) is 0.381. The fourth-order valence-electron chi connectivity index (χ4n) is 3.20. The summed E-state index contributed by atoms with van der Waals surface area (Å²) in [7, 11) is 0. The van der Waals surface area contributed by atoms with E-state index in [1.54, 1.807) is 11.8 Å². The second kappa shape index (κ2) is 7.93. The summed E-state index contributed by atoms with van der Waals surface area (Å²) in [6.45, 7) is 6.15. The number of fused-ring (bicyclic) bond motifs is 1. The lowest BCUT2D eigenvalue weighted by molar-refractivity contribution is -0.121. The lowest BCUT2D eigenvalue weighted by atomic mass is 9.89. The number of ether oxygens (including phenoxy) is 1. The first kappa shape index (κ1) is 19.1. The minimum atomic E-state index is -0.308. The maximum Gasteiger partial charge on any atom is 0.233 e. The van der Waals surface area contributed by atoms with Crippen molar-refractivity contribution in [1.29, 1.82) is 0 Å². The van der Waals surface area contributed by atoms with Crippen molar-refractivity contribution in [2.24, 2.45) is 0 Å². The van der Waals surface area contributed by atoms with Gasteiger partial charge in [0.05, 0.1) is 11.3 Å². The second-order valence-electron chi connectivity index (χ2n) is 7.13. The third-order valence-corrected chi connectivity index (χ3v) is 6.08. The maximum atomic E-state index is 12.9. The molecule has 1 aliphatic heterocycles. The standard InChI is InChI=1S/C21H24ClNO2S/c1-4-19(26-15-11-9-14(22)10-12-15)20(24)23-17-13-21(2,3)25-18-8-6-5-7-16(17)18/h5-12,17,19H,4,13H2,1-3H3,(H,23,24). The van der Waals surface area contributed by atoms with Gasteiger partial charge in [-0.05, 0) is 50.6 Å². The Balaban J connectivity index is 1.74. The number of para-hydroxylation sites is 1. The third kappa shape index (κ3) is 4.54. The Bertz CT molecular complexity index is 776. The molecule has 26 heavy (non-hydrogen) atoms. The van der Waals surface area contributed by atoms with Gasteiger partial charge in [0.25, 0.3) is 0 Å². The smallest absolute Gasteiger partial charge is 0.233 e. The lowest BCUT2D eigenvalue weighted by Gasteiger charge is -2.38. The van der Waals surface area contributed by atoms with E-state index in [1.165, 1.54) is 0 Å². The zero-order valence-electron chi connectivity index (χ0n) is 15.3. The Morgan fingerprint density at radius 1 is 1.27 bits per heavy atom. The summed E-state index contributed by atoms with van der Waals surface area (Å²) >= 11 is 7.52. The lowest BCUT2D eigenvalue weighted by Crippen LogP contribution is -2.43. The molecule has 0 fully saturated rings. The van der Waals surface area contributed by atoms with E-state index in [-0.39, 0.29) is 22.8 Å². The molecule has 1 aliphatic rings. The van der Waals surface area contributed by atoms with Gasteiger partial charge in [-0.3, -0.25) is 4.79 Å². The number of thioether (sulfide) groups is 1. The van der Waals surface area contributed by atoms with Crippen LogP contribution in [-0.2, 0) is 4.79 Å². The summed E-state index contributed by atoms with van der Waals surface area (Å²) in [4.78, 5) is 14.0. The van der Waals surface area contributed by atoms with Crippen molar-refractivity contribution in [3.63, 3.8) is 0 Å². The molecule has 0 radical (unpaired) electrons. The molecule has 1 N–H and O–H groups in total. The quantitative estimate of drug-likeness (QED) is 0.673. The van der Waals surface area contributed by atoms with E-state index in [4.69, 9.17) is 16.3 Å². The Morgan fingerprint density at radius 3 is 2.65 bits per heavy atom. The summed E-state index contributed by atoms with van der Waals surface area (Å²) in [6.07, 6.45) is 1.51. The van der Waals surface area contributed by atoms with E-state index in [2.05, 4.69) is 19.2 Å². The zero-order valence-corrected chi connectivity index (χ0v) is 16.9. The molecule has 2 atom stereocenters. The first-order valence-electron chi connectivity index (χ1n) is 8.88. The molecule has 1 amide bonds. The van der Waals surface area contributed by atoms with Gasteiger partial charge in [-0.1, -0.05) is 36.7 Å². The third-order valence-electron chi connectivity index (χ3n) is 4.45. The molecule has 2 aromatic rings. The number of rotatable bonds is 5. The van der Waals surface area contributed by atoms with Crippen molar-refractivity contribution in [1.82, 2.24) is 5.32 Å². The molecule has 0 bridgehead atoms. The Morgan fingerprint density at radius 2 is 1.96 bits per heavy atom. The van der Waals surface area contributed by atoms with Crippen LogP contribution in [0.15, 0.2) is 53.4 Å². The minimum absolute atomic E-state index is 0.0395. The molecule has 0 aromatic heterocycles. The van der Waals surface area contributed by atoms with Crippen LogP contribution in [-0.4, -0.2) is 16.8 Å². The summed E-state index contributed by atoms with van der Waals surface area (Å²) in [5.41, 5.74) is 0.740. The molecule has 3 rings (SSSR count). The van der Waals surface area contributed by atoms with Crippen LogP contribution >= 0.6 is 23.4 Å². The van der Waals surface area contributed by atoms with Crippen LogP contribution in [0.5, 0.6) is 5.75 Å². The molecule has 0 saturated heterocycles. The normalized spacial score (nSPS) is 19.2. The van der Waals surface area contributed by atoms with Crippen LogP contribution in [0.1, 0.15) is 45.2 Å². The molecular formula is C21H24ClNO2S. The van der Waals surface area contributed by atoms with Gasteiger partial charge in [0.15, 0.2) is 0 Å². The summed E-state index contributed by atoms with van der Waals surface area (Å²) < 4.78 is 6.06. The monoisotopic (exact) mass is 389 g/mol. The summed E-state index contributed by atoms with van der Waals surface area (Å²) in [5.74, 6) is 0.914. The highest BCUT2D eigenvalue weighted by Gasteiger charge is 2.35. The van der Waals surface area contributed by atoms with Gasteiger partial charge in [-0.15, -0.1) is 11.8 Å². The molecule has 0 aliphatic carbocycles. The predicted molar refractivity (Wildman–Crippen MR) is 108 cm³/mol. The van der Waals surface area contributed by atoms with Gasteiger partial charge >= 0.3 is 0 Å². The number of halogens is 1. The van der Waals surface area contributed by atoms with E-state index < -0.39 is 0 Å². The van der Waals surface area contributed by atoms with Crippen molar-refractivity contribution in [3.8, 4) is 5.75 Å². The Kier molecular flexibility index (Phi) is 5.83. The van der Waals surface area contributed by atoms with E-state index in [1.807, 2.05) is 55.5 Å². The fourth-order valence-corrected chi connectivity index (χ4v) is 4.28. The second-order valence-corrected chi connectivity index (χ2v) is 8.85. The molecule has 2 unspecified atom stereocenters. The topological polar surface area (TPSA) is 38.3 Å². The van der Waals surface area contributed by atoms with Crippen molar-refractivity contribution in [2.75, 3.05) is 0 Å². The molecule has 0 spiro atoms.